The minimum absolute atomic E-state index is 0.00582. The molecule has 2 atom stereocenters. The summed E-state index contributed by atoms with van der Waals surface area (Å²) in [6, 6.07) is 2.58. The summed E-state index contributed by atoms with van der Waals surface area (Å²) in [6.07, 6.45) is 8.24. The van der Waals surface area contributed by atoms with Gasteiger partial charge in [0.1, 0.15) is 29.4 Å². The summed E-state index contributed by atoms with van der Waals surface area (Å²) in [4.78, 5) is 61.4. The maximum absolute atomic E-state index is 13.5. The highest BCUT2D eigenvalue weighted by atomic mass is 32.2. The lowest BCUT2D eigenvalue weighted by molar-refractivity contribution is -0.152. The van der Waals surface area contributed by atoms with Crippen molar-refractivity contribution in [3.05, 3.63) is 70.2 Å². The average molecular weight is 627 g/mol. The lowest BCUT2D eigenvalue weighted by Crippen LogP contribution is -2.71. The molecule has 13 nitrogen and oxygen atoms in total. The van der Waals surface area contributed by atoms with E-state index >= 15 is 0 Å². The summed E-state index contributed by atoms with van der Waals surface area (Å²) in [5, 5.41) is 16.0. The van der Waals surface area contributed by atoms with Crippen LogP contribution in [0.2, 0.25) is 0 Å². The number of oxime groups is 1. The van der Waals surface area contributed by atoms with Crippen LogP contribution in [0, 0.1) is 5.92 Å². The van der Waals surface area contributed by atoms with Crippen molar-refractivity contribution in [3.63, 3.8) is 0 Å². The van der Waals surface area contributed by atoms with Crippen LogP contribution in [-0.4, -0.2) is 79.9 Å². The highest BCUT2D eigenvalue weighted by Gasteiger charge is 2.54. The molecule has 0 aliphatic carbocycles. The monoisotopic (exact) mass is 626 g/mol. The molecule has 4 heterocycles. The van der Waals surface area contributed by atoms with Crippen molar-refractivity contribution in [3.8, 4) is 0 Å². The van der Waals surface area contributed by atoms with E-state index in [0.717, 1.165) is 16.9 Å². The van der Waals surface area contributed by atoms with Crippen molar-refractivity contribution in [2.75, 3.05) is 24.7 Å². The lowest BCUT2D eigenvalue weighted by atomic mass is 10.0. The Labute approximate surface area is 255 Å². The van der Waals surface area contributed by atoms with Crippen LogP contribution in [0.15, 0.2) is 64.1 Å². The van der Waals surface area contributed by atoms with Gasteiger partial charge in [-0.3, -0.25) is 19.5 Å². The molecule has 15 heteroatoms. The molecule has 2 aliphatic heterocycles. The second-order valence-electron chi connectivity index (χ2n) is 9.76. The van der Waals surface area contributed by atoms with Gasteiger partial charge in [0.2, 0.25) is 0 Å². The van der Waals surface area contributed by atoms with Crippen LogP contribution in [0.1, 0.15) is 32.0 Å². The van der Waals surface area contributed by atoms with Crippen LogP contribution >= 0.6 is 23.1 Å². The molecular formula is C28H30N6O7S2. The number of nitrogens with two attached hydrogens (primary N) is 1. The quantitative estimate of drug-likeness (QED) is 0.0830. The Bertz CT molecular complexity index is 1520. The molecule has 0 bridgehead atoms. The minimum atomic E-state index is -1.02. The number of nitrogen functional groups attached to an aromatic ring is 1. The number of allylic oxidation sites excluding steroid dienone is 2. The largest absolute Gasteiger partial charge is 0.462 e. The lowest BCUT2D eigenvalue weighted by Gasteiger charge is -2.49. The molecule has 0 saturated carbocycles. The number of nitrogens with zero attached hydrogens (tertiary/aromatic N) is 4. The molecule has 0 unspecified atom stereocenters. The number of carbonyl (C=O) groups excluding carboxylic acids is 4. The number of carbonyl (C=O) groups is 4. The van der Waals surface area contributed by atoms with Gasteiger partial charge in [0.15, 0.2) is 10.8 Å². The maximum Gasteiger partial charge on any atom is 0.355 e. The number of ether oxygens (including phenoxy) is 2. The number of fused-ring (bicyclic) bond motifs is 1. The number of rotatable bonds is 11. The molecule has 226 valence electrons. The van der Waals surface area contributed by atoms with Crippen LogP contribution in [0.4, 0.5) is 5.13 Å². The van der Waals surface area contributed by atoms with Gasteiger partial charge in [0.25, 0.3) is 11.8 Å². The van der Waals surface area contributed by atoms with Crippen LogP contribution < -0.4 is 11.1 Å². The molecule has 4 rings (SSSR count). The fourth-order valence-corrected chi connectivity index (χ4v) is 5.92. The normalized spacial score (nSPS) is 18.9. The number of amides is 2. The van der Waals surface area contributed by atoms with Crippen LogP contribution in [0.25, 0.3) is 6.08 Å². The van der Waals surface area contributed by atoms with E-state index in [1.54, 1.807) is 37.5 Å². The summed E-state index contributed by atoms with van der Waals surface area (Å²) in [7, 11) is 0. The first-order chi connectivity index (χ1) is 20.6. The van der Waals surface area contributed by atoms with Gasteiger partial charge in [0, 0.05) is 23.5 Å². The molecule has 2 amide bonds. The minimum Gasteiger partial charge on any atom is -0.462 e. The Balaban J connectivity index is 1.54. The zero-order chi connectivity index (χ0) is 31.1. The standard InChI is InChI=1S/C28H30N6O7S2/c1-4-17(26(37)40-11-15(2)3)12-41-27(38)22-18(8-7-16-6-5-9-30-10-16)13-42-25-21(24(36)34(22)25)32-23(35)20(33-39)19-14-43-28(29)31-19/h4-10,14-15,21,25,39H,11-13H2,1-3H3,(H2,29,31)(H,32,35)/b8-7-,17-4+,33-20?/t21-,25+/m1/s1. The topological polar surface area (TPSA) is 186 Å². The van der Waals surface area contributed by atoms with Crippen molar-refractivity contribution >= 4 is 63.8 Å². The molecule has 1 fully saturated rings. The van der Waals surface area contributed by atoms with E-state index in [4.69, 9.17) is 15.2 Å². The third-order valence-electron chi connectivity index (χ3n) is 6.24. The number of nitrogens with one attached hydrogen (secondary N) is 1. The number of esters is 2. The number of anilines is 1. The third-order valence-corrected chi connectivity index (χ3v) is 8.21. The molecule has 0 radical (unpaired) electrons. The summed E-state index contributed by atoms with van der Waals surface area (Å²) in [6.45, 7) is 5.29. The fourth-order valence-electron chi connectivity index (χ4n) is 4.06. The number of β-lactam (4-membered cyclic amide) rings is 1. The molecule has 2 aromatic heterocycles. The zero-order valence-corrected chi connectivity index (χ0v) is 25.2. The molecule has 2 aliphatic rings. The molecule has 43 heavy (non-hydrogen) atoms. The van der Waals surface area contributed by atoms with Crippen molar-refractivity contribution in [2.24, 2.45) is 11.1 Å². The van der Waals surface area contributed by atoms with Gasteiger partial charge in [-0.25, -0.2) is 14.6 Å². The maximum atomic E-state index is 13.5. The van der Waals surface area contributed by atoms with E-state index in [1.165, 1.54) is 28.1 Å². The Hall–Kier alpha value is -4.50. The third kappa shape index (κ3) is 7.29. The summed E-state index contributed by atoms with van der Waals surface area (Å²) in [5.41, 5.74) is 6.71. The van der Waals surface area contributed by atoms with Gasteiger partial charge >= 0.3 is 11.9 Å². The van der Waals surface area contributed by atoms with Crippen molar-refractivity contribution in [1.82, 2.24) is 20.2 Å². The SMILES string of the molecule is C/C=C(\COC(=O)C1=C(/C=C\c2cccnc2)CS[C@H]2[C@H](NC(=O)C(=NO)c3csc(N)n3)C(=O)N12)C(=O)OCC(C)C. The highest BCUT2D eigenvalue weighted by Crippen LogP contribution is 2.41. The Morgan fingerprint density at radius 3 is 2.72 bits per heavy atom. The fraction of sp³-hybridized carbons (Fsp3) is 0.321. The summed E-state index contributed by atoms with van der Waals surface area (Å²) < 4.78 is 10.8. The van der Waals surface area contributed by atoms with Crippen molar-refractivity contribution in [1.29, 1.82) is 0 Å². The Morgan fingerprint density at radius 1 is 1.30 bits per heavy atom. The number of thioether (sulfide) groups is 1. The Kier molecular flexibility index (Phi) is 10.3. The molecule has 2 aromatic rings. The van der Waals surface area contributed by atoms with Crippen LogP contribution in [-0.2, 0) is 28.7 Å². The predicted octanol–water partition coefficient (Wildman–Crippen LogP) is 2.35. The molecule has 0 aromatic carbocycles. The average Bonchev–Trinajstić information content (AvgIpc) is 3.43. The van der Waals surface area contributed by atoms with E-state index in [-0.39, 0.29) is 41.2 Å². The van der Waals surface area contributed by atoms with E-state index in [9.17, 15) is 24.4 Å². The van der Waals surface area contributed by atoms with Crippen molar-refractivity contribution in [2.45, 2.75) is 32.2 Å². The molecule has 1 saturated heterocycles. The van der Waals surface area contributed by atoms with E-state index < -0.39 is 40.9 Å². The van der Waals surface area contributed by atoms with Crippen molar-refractivity contribution < 1.29 is 33.9 Å². The van der Waals surface area contributed by atoms with Crippen LogP contribution in [0.5, 0.6) is 0 Å². The second kappa shape index (κ2) is 14.1. The first kappa shape index (κ1) is 31.4. The van der Waals surface area contributed by atoms with Gasteiger partial charge in [-0.15, -0.1) is 23.1 Å². The van der Waals surface area contributed by atoms with Gasteiger partial charge in [-0.05, 0) is 30.0 Å². The van der Waals surface area contributed by atoms with E-state index in [1.807, 2.05) is 19.9 Å². The van der Waals surface area contributed by atoms with Gasteiger partial charge in [-0.2, -0.15) is 0 Å². The first-order valence-corrected chi connectivity index (χ1v) is 15.1. The summed E-state index contributed by atoms with van der Waals surface area (Å²) >= 11 is 2.39. The van der Waals surface area contributed by atoms with E-state index in [0.29, 0.717) is 11.3 Å². The number of pyridine rings is 1. The number of aromatic nitrogens is 2. The zero-order valence-electron chi connectivity index (χ0n) is 23.6. The van der Waals surface area contributed by atoms with E-state index in [2.05, 4.69) is 20.4 Å². The number of thiazole rings is 1. The second-order valence-corrected chi connectivity index (χ2v) is 11.8. The predicted molar refractivity (Wildman–Crippen MR) is 161 cm³/mol. The number of hydrogen-bond acceptors (Lipinski definition) is 13. The highest BCUT2D eigenvalue weighted by molar-refractivity contribution is 8.00. The molecular weight excluding hydrogens is 596 g/mol. The van der Waals surface area contributed by atoms with Gasteiger partial charge in [0.05, 0.1) is 12.2 Å². The van der Waals surface area contributed by atoms with Gasteiger partial charge < -0.3 is 25.7 Å². The Morgan fingerprint density at radius 2 is 2.09 bits per heavy atom. The summed E-state index contributed by atoms with van der Waals surface area (Å²) in [5.74, 6) is -2.38. The first-order valence-electron chi connectivity index (χ1n) is 13.1. The smallest absolute Gasteiger partial charge is 0.355 e. The number of hydrogen-bond donors (Lipinski definition) is 3. The molecule has 0 spiro atoms. The van der Waals surface area contributed by atoms with Gasteiger partial charge in [-0.1, -0.05) is 43.3 Å². The molecule has 4 N–H and O–H groups in total. The van der Waals surface area contributed by atoms with Crippen LogP contribution in [0.3, 0.4) is 0 Å².